The number of hydrogen-bond acceptors (Lipinski definition) is 1. The maximum atomic E-state index is 4.03. The average Bonchev–Trinajstić information content (AvgIpc) is 3.68. The number of aromatic nitrogens is 1. The van der Waals surface area contributed by atoms with Gasteiger partial charge >= 0.3 is 0 Å². The van der Waals surface area contributed by atoms with Crippen molar-refractivity contribution in [2.75, 3.05) is 4.90 Å². The van der Waals surface area contributed by atoms with Gasteiger partial charge in [-0.2, -0.15) is 0 Å². The third-order valence-corrected chi connectivity index (χ3v) is 11.7. The van der Waals surface area contributed by atoms with E-state index >= 15 is 0 Å². The maximum absolute atomic E-state index is 4.03. The van der Waals surface area contributed by atoms with E-state index in [2.05, 4.69) is 254 Å². The number of hydrogen-bond donors (Lipinski definition) is 0. The summed E-state index contributed by atoms with van der Waals surface area (Å²) in [5.74, 6) is 0. The third-order valence-electron chi connectivity index (χ3n) is 11.7. The summed E-state index contributed by atoms with van der Waals surface area (Å²) in [5, 5.41) is 2.48. The van der Waals surface area contributed by atoms with Crippen molar-refractivity contribution < 1.29 is 0 Å². The molecule has 0 aliphatic heterocycles. The lowest BCUT2D eigenvalue weighted by Crippen LogP contribution is -2.10. The highest BCUT2D eigenvalue weighted by Crippen LogP contribution is 2.42. The standard InChI is InChI=1S/C59H44N2/c1-3-15-48-40-49(31-26-42(48)4-2)47-34-38-53(39-35-47)60(52-36-32-46(33-37-52)45-29-27-44(28-30-45)43-16-7-5-8-17-43)54-21-13-18-50(41-54)55-23-14-25-58-59(55)56-22-11-12-24-57(56)61(58)51-19-9-6-10-20-51/h3-41H,2H2,1H3/b15-3-. The van der Waals surface area contributed by atoms with E-state index in [1.54, 1.807) is 0 Å². The highest BCUT2D eigenvalue weighted by molar-refractivity contribution is 6.16. The Bertz CT molecular complexity index is 3170. The first kappa shape index (κ1) is 37.3. The van der Waals surface area contributed by atoms with Crippen LogP contribution in [-0.4, -0.2) is 4.57 Å². The second kappa shape index (κ2) is 16.4. The Balaban J connectivity index is 1.07. The fourth-order valence-corrected chi connectivity index (χ4v) is 8.73. The predicted octanol–water partition coefficient (Wildman–Crippen LogP) is 16.6. The van der Waals surface area contributed by atoms with Crippen molar-refractivity contribution in [3.63, 3.8) is 0 Å². The van der Waals surface area contributed by atoms with E-state index in [0.717, 1.165) is 45.0 Å². The molecule has 0 N–H and O–H groups in total. The number of rotatable bonds is 10. The summed E-state index contributed by atoms with van der Waals surface area (Å²) in [6, 6.07) is 79.0. The smallest absolute Gasteiger partial charge is 0.0547 e. The lowest BCUT2D eigenvalue weighted by Gasteiger charge is -2.26. The van der Waals surface area contributed by atoms with Crippen LogP contribution in [0.5, 0.6) is 0 Å². The van der Waals surface area contributed by atoms with Crippen molar-refractivity contribution in [2.24, 2.45) is 0 Å². The SMILES string of the molecule is C=Cc1ccc(-c2ccc(N(c3ccc(-c4ccc(-c5ccccc5)cc4)cc3)c3cccc(-c4cccc5c4c4ccccc4n5-c4ccccc4)c3)cc2)cc1/C=C\C. The van der Waals surface area contributed by atoms with Gasteiger partial charge in [-0.05, 0) is 129 Å². The van der Waals surface area contributed by atoms with Crippen LogP contribution in [0.15, 0.2) is 231 Å². The fraction of sp³-hybridized carbons (Fsp3) is 0.0169. The highest BCUT2D eigenvalue weighted by Gasteiger charge is 2.18. The van der Waals surface area contributed by atoms with E-state index in [4.69, 9.17) is 0 Å². The van der Waals surface area contributed by atoms with Crippen LogP contribution in [0.4, 0.5) is 17.1 Å². The lowest BCUT2D eigenvalue weighted by molar-refractivity contribution is 1.18. The minimum atomic E-state index is 1.08. The van der Waals surface area contributed by atoms with Crippen LogP contribution in [-0.2, 0) is 0 Å². The number of fused-ring (bicyclic) bond motifs is 3. The zero-order valence-corrected chi connectivity index (χ0v) is 34.1. The molecule has 61 heavy (non-hydrogen) atoms. The van der Waals surface area contributed by atoms with Crippen molar-refractivity contribution >= 4 is 51.0 Å². The van der Waals surface area contributed by atoms with Gasteiger partial charge in [0.25, 0.3) is 0 Å². The average molecular weight is 781 g/mol. The van der Waals surface area contributed by atoms with E-state index < -0.39 is 0 Å². The van der Waals surface area contributed by atoms with Gasteiger partial charge in [0.05, 0.1) is 11.0 Å². The molecule has 0 aliphatic rings. The first-order chi connectivity index (χ1) is 30.2. The quantitative estimate of drug-likeness (QED) is 0.134. The van der Waals surface area contributed by atoms with Crippen LogP contribution in [0.25, 0.3) is 84.2 Å². The number of anilines is 3. The topological polar surface area (TPSA) is 8.17 Å². The first-order valence-corrected chi connectivity index (χ1v) is 20.9. The molecule has 0 saturated heterocycles. The fourth-order valence-electron chi connectivity index (χ4n) is 8.73. The van der Waals surface area contributed by atoms with Crippen LogP contribution in [0.1, 0.15) is 18.1 Å². The summed E-state index contributed by atoms with van der Waals surface area (Å²) in [7, 11) is 0. The summed E-state index contributed by atoms with van der Waals surface area (Å²) < 4.78 is 2.38. The summed E-state index contributed by atoms with van der Waals surface area (Å²) in [4.78, 5) is 2.37. The molecule has 10 rings (SSSR count). The van der Waals surface area contributed by atoms with Crippen LogP contribution in [0, 0.1) is 0 Å². The number of allylic oxidation sites excluding steroid dienone is 1. The third kappa shape index (κ3) is 7.15. The predicted molar refractivity (Wildman–Crippen MR) is 262 cm³/mol. The maximum Gasteiger partial charge on any atom is 0.0547 e. The molecule has 0 unspecified atom stereocenters. The van der Waals surface area contributed by atoms with Crippen LogP contribution in [0.2, 0.25) is 0 Å². The molecular formula is C59H44N2. The first-order valence-electron chi connectivity index (χ1n) is 20.9. The molecule has 0 amide bonds. The van der Waals surface area contributed by atoms with Gasteiger partial charge in [0.2, 0.25) is 0 Å². The Labute approximate surface area is 358 Å². The molecule has 290 valence electrons. The molecule has 2 heteroatoms. The second-order valence-corrected chi connectivity index (χ2v) is 15.4. The number of nitrogens with zero attached hydrogens (tertiary/aromatic N) is 2. The van der Waals surface area contributed by atoms with E-state index in [1.165, 1.54) is 55.2 Å². The molecule has 2 nitrogen and oxygen atoms in total. The van der Waals surface area contributed by atoms with E-state index in [9.17, 15) is 0 Å². The molecule has 0 bridgehead atoms. The Morgan fingerprint density at radius 1 is 0.410 bits per heavy atom. The zero-order valence-electron chi connectivity index (χ0n) is 34.1. The molecule has 1 aromatic heterocycles. The number of para-hydroxylation sites is 2. The summed E-state index contributed by atoms with van der Waals surface area (Å²) >= 11 is 0. The summed E-state index contributed by atoms with van der Waals surface area (Å²) in [6.07, 6.45) is 6.14. The van der Waals surface area contributed by atoms with Gasteiger partial charge in [0, 0.05) is 33.5 Å². The Hall–Kier alpha value is -7.94. The summed E-state index contributed by atoms with van der Waals surface area (Å²) in [5.41, 5.74) is 18.6. The minimum Gasteiger partial charge on any atom is -0.310 e. The largest absolute Gasteiger partial charge is 0.310 e. The molecular weight excluding hydrogens is 737 g/mol. The Morgan fingerprint density at radius 3 is 1.59 bits per heavy atom. The molecule has 9 aromatic carbocycles. The van der Waals surface area contributed by atoms with Gasteiger partial charge in [-0.1, -0.05) is 176 Å². The van der Waals surface area contributed by atoms with Crippen molar-refractivity contribution in [1.82, 2.24) is 4.57 Å². The van der Waals surface area contributed by atoms with Crippen molar-refractivity contribution in [2.45, 2.75) is 6.92 Å². The zero-order chi connectivity index (χ0) is 41.1. The van der Waals surface area contributed by atoms with Crippen molar-refractivity contribution in [1.29, 1.82) is 0 Å². The van der Waals surface area contributed by atoms with Gasteiger partial charge < -0.3 is 9.47 Å². The van der Waals surface area contributed by atoms with E-state index in [1.807, 2.05) is 6.08 Å². The summed E-state index contributed by atoms with van der Waals surface area (Å²) in [6.45, 7) is 6.08. The molecule has 0 spiro atoms. The van der Waals surface area contributed by atoms with Gasteiger partial charge in [0.1, 0.15) is 0 Å². The molecule has 0 aliphatic carbocycles. The normalized spacial score (nSPS) is 11.4. The molecule has 10 aromatic rings. The van der Waals surface area contributed by atoms with E-state index in [-0.39, 0.29) is 0 Å². The van der Waals surface area contributed by atoms with Gasteiger partial charge in [-0.3, -0.25) is 0 Å². The molecule has 0 saturated carbocycles. The molecule has 1 heterocycles. The highest BCUT2D eigenvalue weighted by atomic mass is 15.1. The van der Waals surface area contributed by atoms with Crippen molar-refractivity contribution in [3.05, 3.63) is 242 Å². The Kier molecular flexibility index (Phi) is 10.0. The van der Waals surface area contributed by atoms with Gasteiger partial charge in [-0.25, -0.2) is 0 Å². The van der Waals surface area contributed by atoms with E-state index in [0.29, 0.717) is 0 Å². The molecule has 0 fully saturated rings. The van der Waals surface area contributed by atoms with Crippen LogP contribution < -0.4 is 4.90 Å². The lowest BCUT2D eigenvalue weighted by atomic mass is 9.97. The second-order valence-electron chi connectivity index (χ2n) is 15.4. The monoisotopic (exact) mass is 780 g/mol. The van der Waals surface area contributed by atoms with Gasteiger partial charge in [-0.15, -0.1) is 0 Å². The minimum absolute atomic E-state index is 1.08. The number of benzene rings is 9. The van der Waals surface area contributed by atoms with Crippen LogP contribution in [0.3, 0.4) is 0 Å². The molecule has 0 radical (unpaired) electrons. The van der Waals surface area contributed by atoms with Crippen molar-refractivity contribution in [3.8, 4) is 50.2 Å². The Morgan fingerprint density at radius 2 is 0.934 bits per heavy atom. The molecule has 0 atom stereocenters. The van der Waals surface area contributed by atoms with Crippen LogP contribution >= 0.6 is 0 Å². The van der Waals surface area contributed by atoms with Gasteiger partial charge in [0.15, 0.2) is 0 Å².